The van der Waals surface area contributed by atoms with Crippen molar-refractivity contribution in [3.8, 4) is 0 Å². The van der Waals surface area contributed by atoms with Crippen molar-refractivity contribution in [3.63, 3.8) is 0 Å². The summed E-state index contributed by atoms with van der Waals surface area (Å²) in [6.45, 7) is 5.83. The number of aliphatic hydroxyl groups excluding tert-OH is 1. The minimum Gasteiger partial charge on any atom is -0.395 e. The highest BCUT2D eigenvalue weighted by Gasteiger charge is 2.25. The van der Waals surface area contributed by atoms with Gasteiger partial charge in [-0.05, 0) is 48.7 Å². The summed E-state index contributed by atoms with van der Waals surface area (Å²) >= 11 is 12.2. The number of nitrogens with one attached hydrogen (secondary N) is 1. The molecule has 2 rings (SSSR count). The molecule has 8 heteroatoms. The normalized spacial score (nSPS) is 14.1. The highest BCUT2D eigenvalue weighted by molar-refractivity contribution is 6.31. The number of amides is 2. The molecule has 0 bridgehead atoms. The number of halogens is 2. The van der Waals surface area contributed by atoms with Gasteiger partial charge in [0.2, 0.25) is 0 Å². The monoisotopic (exact) mass is 481 g/mol. The molecule has 0 spiro atoms. The summed E-state index contributed by atoms with van der Waals surface area (Å²) in [6, 6.07) is 14.4. The van der Waals surface area contributed by atoms with Crippen LogP contribution in [0.4, 0.5) is 10.5 Å². The number of hydrogen-bond donors (Lipinski definition) is 2. The van der Waals surface area contributed by atoms with Crippen molar-refractivity contribution in [1.29, 1.82) is 0 Å². The van der Waals surface area contributed by atoms with Crippen LogP contribution in [0.5, 0.6) is 0 Å². The predicted molar refractivity (Wildman–Crippen MR) is 131 cm³/mol. The van der Waals surface area contributed by atoms with Crippen LogP contribution in [0, 0.1) is 5.92 Å². The van der Waals surface area contributed by atoms with E-state index in [1.165, 1.54) is 0 Å². The Bertz CT molecular complexity index is 851. The predicted octanol–water partition coefficient (Wildman–Crippen LogP) is 4.99. The zero-order chi connectivity index (χ0) is 23.7. The Balaban J connectivity index is 2.00. The van der Waals surface area contributed by atoms with Crippen LogP contribution < -0.4 is 5.32 Å². The van der Waals surface area contributed by atoms with Crippen molar-refractivity contribution in [3.05, 3.63) is 64.1 Å². The zero-order valence-corrected chi connectivity index (χ0v) is 20.6. The Hall–Kier alpha value is -1.83. The summed E-state index contributed by atoms with van der Waals surface area (Å²) in [7, 11) is 3.39. The molecule has 176 valence electrons. The van der Waals surface area contributed by atoms with Gasteiger partial charge < -0.3 is 20.1 Å². The van der Waals surface area contributed by atoms with Gasteiger partial charge in [-0.1, -0.05) is 48.3 Å². The van der Waals surface area contributed by atoms with Crippen molar-refractivity contribution >= 4 is 34.9 Å². The number of carbonyl (C=O) groups excluding carboxylic acids is 1. The SMILES string of the molecule is CO[C@@H](CN(C)C(=O)Nc1ccc(Cl)cc1)[C@@H](C)CN(Cc1ccccc1Cl)[C@H](C)CO. The van der Waals surface area contributed by atoms with Gasteiger partial charge in [0.05, 0.1) is 12.7 Å². The fraction of sp³-hybridized carbons (Fsp3) is 0.458. The van der Waals surface area contributed by atoms with E-state index in [0.717, 1.165) is 5.56 Å². The molecule has 2 aromatic rings. The van der Waals surface area contributed by atoms with Gasteiger partial charge in [0.25, 0.3) is 0 Å². The van der Waals surface area contributed by atoms with E-state index in [1.54, 1.807) is 43.3 Å². The largest absolute Gasteiger partial charge is 0.395 e. The molecular formula is C24H33Cl2N3O3. The molecule has 6 nitrogen and oxygen atoms in total. The Morgan fingerprint density at radius 2 is 1.75 bits per heavy atom. The Morgan fingerprint density at radius 1 is 1.09 bits per heavy atom. The number of anilines is 1. The number of methoxy groups -OCH3 is 1. The number of likely N-dealkylation sites (N-methyl/N-ethyl adjacent to an activating group) is 1. The smallest absolute Gasteiger partial charge is 0.321 e. The second kappa shape index (κ2) is 13.0. The molecule has 0 saturated heterocycles. The third-order valence-electron chi connectivity index (χ3n) is 5.57. The lowest BCUT2D eigenvalue weighted by atomic mass is 10.0. The first kappa shape index (κ1) is 26.4. The van der Waals surface area contributed by atoms with Gasteiger partial charge in [-0.25, -0.2) is 4.79 Å². The molecule has 0 aliphatic heterocycles. The summed E-state index contributed by atoms with van der Waals surface area (Å²) in [5.41, 5.74) is 1.69. The fourth-order valence-electron chi connectivity index (χ4n) is 3.44. The summed E-state index contributed by atoms with van der Waals surface area (Å²) in [4.78, 5) is 16.4. The summed E-state index contributed by atoms with van der Waals surface area (Å²) < 4.78 is 5.73. The average Bonchev–Trinajstić information content (AvgIpc) is 2.78. The van der Waals surface area contributed by atoms with E-state index >= 15 is 0 Å². The van der Waals surface area contributed by atoms with Crippen LogP contribution in [0.3, 0.4) is 0 Å². The maximum absolute atomic E-state index is 12.6. The van der Waals surface area contributed by atoms with Gasteiger partial charge in [-0.15, -0.1) is 0 Å². The van der Waals surface area contributed by atoms with E-state index in [2.05, 4.69) is 17.1 Å². The number of urea groups is 1. The molecule has 0 saturated carbocycles. The van der Waals surface area contributed by atoms with Gasteiger partial charge in [-0.2, -0.15) is 0 Å². The van der Waals surface area contributed by atoms with Crippen LogP contribution in [0.1, 0.15) is 19.4 Å². The average molecular weight is 482 g/mol. The second-order valence-corrected chi connectivity index (χ2v) is 8.97. The molecule has 0 fully saturated rings. The van der Waals surface area contributed by atoms with E-state index in [1.807, 2.05) is 31.2 Å². The molecule has 0 unspecified atom stereocenters. The fourth-order valence-corrected chi connectivity index (χ4v) is 3.76. The Labute approximate surface area is 201 Å². The number of carbonyl (C=O) groups is 1. The number of rotatable bonds is 11. The van der Waals surface area contributed by atoms with Gasteiger partial charge in [0, 0.05) is 55.6 Å². The van der Waals surface area contributed by atoms with Crippen LogP contribution in [-0.4, -0.2) is 66.9 Å². The number of aliphatic hydroxyl groups is 1. The molecule has 2 amide bonds. The first-order valence-electron chi connectivity index (χ1n) is 10.6. The van der Waals surface area contributed by atoms with E-state index in [9.17, 15) is 9.90 Å². The first-order chi connectivity index (χ1) is 15.2. The van der Waals surface area contributed by atoms with Crippen LogP contribution >= 0.6 is 23.2 Å². The molecule has 32 heavy (non-hydrogen) atoms. The number of ether oxygens (including phenoxy) is 1. The van der Waals surface area contributed by atoms with Crippen molar-refractivity contribution in [1.82, 2.24) is 9.80 Å². The minimum atomic E-state index is -0.224. The minimum absolute atomic E-state index is 0.0399. The molecule has 0 aliphatic carbocycles. The molecule has 0 aromatic heterocycles. The summed E-state index contributed by atoms with van der Waals surface area (Å²) in [5.74, 6) is 0.0993. The number of benzene rings is 2. The van der Waals surface area contributed by atoms with Gasteiger partial charge >= 0.3 is 6.03 Å². The number of hydrogen-bond acceptors (Lipinski definition) is 4. The lowest BCUT2D eigenvalue weighted by Gasteiger charge is -2.34. The van der Waals surface area contributed by atoms with Crippen LogP contribution in [-0.2, 0) is 11.3 Å². The quantitative estimate of drug-likeness (QED) is 0.474. The Kier molecular flexibility index (Phi) is 10.7. The van der Waals surface area contributed by atoms with E-state index < -0.39 is 0 Å². The van der Waals surface area contributed by atoms with Crippen molar-refractivity contribution in [2.45, 2.75) is 32.5 Å². The second-order valence-electron chi connectivity index (χ2n) is 8.12. The highest BCUT2D eigenvalue weighted by atomic mass is 35.5. The maximum Gasteiger partial charge on any atom is 0.321 e. The maximum atomic E-state index is 12.6. The van der Waals surface area contributed by atoms with Gasteiger partial charge in [0.15, 0.2) is 0 Å². The third-order valence-corrected chi connectivity index (χ3v) is 6.20. The zero-order valence-electron chi connectivity index (χ0n) is 19.1. The molecule has 0 heterocycles. The molecular weight excluding hydrogens is 449 g/mol. The molecule has 2 aromatic carbocycles. The summed E-state index contributed by atoms with van der Waals surface area (Å²) in [5, 5.41) is 13.9. The van der Waals surface area contributed by atoms with Gasteiger partial charge in [0.1, 0.15) is 0 Å². The molecule has 3 atom stereocenters. The molecule has 0 aliphatic rings. The highest BCUT2D eigenvalue weighted by Crippen LogP contribution is 2.21. The molecule has 0 radical (unpaired) electrons. The lowest BCUT2D eigenvalue weighted by molar-refractivity contribution is 0.0154. The van der Waals surface area contributed by atoms with Crippen molar-refractivity contribution < 1.29 is 14.6 Å². The topological polar surface area (TPSA) is 65.0 Å². The van der Waals surface area contributed by atoms with Crippen LogP contribution in [0.25, 0.3) is 0 Å². The molecule has 2 N–H and O–H groups in total. The lowest BCUT2D eigenvalue weighted by Crippen LogP contribution is -2.45. The van der Waals surface area contributed by atoms with Crippen molar-refractivity contribution in [2.24, 2.45) is 5.92 Å². The number of nitrogens with zero attached hydrogens (tertiary/aromatic N) is 2. The van der Waals surface area contributed by atoms with E-state index in [4.69, 9.17) is 27.9 Å². The van der Waals surface area contributed by atoms with Crippen LogP contribution in [0.2, 0.25) is 10.0 Å². The van der Waals surface area contributed by atoms with Gasteiger partial charge in [-0.3, -0.25) is 4.90 Å². The Morgan fingerprint density at radius 3 is 2.34 bits per heavy atom. The third kappa shape index (κ3) is 7.94. The first-order valence-corrected chi connectivity index (χ1v) is 11.4. The summed E-state index contributed by atoms with van der Waals surface area (Å²) in [6.07, 6.45) is -0.185. The van der Waals surface area contributed by atoms with Crippen LogP contribution in [0.15, 0.2) is 48.5 Å². The van der Waals surface area contributed by atoms with E-state index in [0.29, 0.717) is 35.4 Å². The standard InChI is InChI=1S/C24H33Cl2N3O3/c1-17(13-29(18(2)16-30)14-19-7-5-6-8-22(19)26)23(32-4)15-28(3)24(31)27-21-11-9-20(25)10-12-21/h5-12,17-18,23,30H,13-16H2,1-4H3,(H,27,31)/t17-,18+,23-/m0/s1. The van der Waals surface area contributed by atoms with E-state index in [-0.39, 0.29) is 30.7 Å². The van der Waals surface area contributed by atoms with Crippen molar-refractivity contribution in [2.75, 3.05) is 39.2 Å².